The minimum atomic E-state index is -4.76. The first-order valence-electron chi connectivity index (χ1n) is 9.23. The quantitative estimate of drug-likeness (QED) is 0.288. The topological polar surface area (TPSA) is 98.7 Å². The Balaban J connectivity index is 1.62. The van der Waals surface area contributed by atoms with E-state index in [9.17, 15) is 22.4 Å². The summed E-state index contributed by atoms with van der Waals surface area (Å²) in [6.07, 6.45) is -1.24. The largest absolute Gasteiger partial charge is 0.420 e. The Morgan fingerprint density at radius 2 is 1.79 bits per heavy atom. The van der Waals surface area contributed by atoms with Gasteiger partial charge in [0, 0.05) is 15.7 Å². The molecule has 3 N–H and O–H groups in total. The van der Waals surface area contributed by atoms with Gasteiger partial charge in [-0.25, -0.2) is 9.37 Å². The summed E-state index contributed by atoms with van der Waals surface area (Å²) in [5.41, 5.74) is 6.13. The zero-order chi connectivity index (χ0) is 23.8. The number of amides is 1. The van der Waals surface area contributed by atoms with Gasteiger partial charge in [0.05, 0.1) is 29.8 Å². The zero-order valence-electron chi connectivity index (χ0n) is 16.4. The number of carbonyl (C=O) groups excluding carboxylic acids is 1. The molecule has 0 spiro atoms. The number of carbonyl (C=O) groups is 1. The molecule has 33 heavy (non-hydrogen) atoms. The summed E-state index contributed by atoms with van der Waals surface area (Å²) in [5.74, 6) is -1.67. The minimum Gasteiger partial charge on any atom is -0.398 e. The van der Waals surface area contributed by atoms with E-state index in [0.29, 0.717) is 15.6 Å². The number of benzene rings is 2. The second kappa shape index (κ2) is 8.62. The first kappa shape index (κ1) is 22.4. The van der Waals surface area contributed by atoms with Crippen LogP contribution >= 0.6 is 15.9 Å². The Morgan fingerprint density at radius 3 is 2.42 bits per heavy atom. The molecule has 7 nitrogen and oxygen atoms in total. The Labute approximate surface area is 192 Å². The molecule has 2 heterocycles. The van der Waals surface area contributed by atoms with Crippen LogP contribution in [-0.4, -0.2) is 25.9 Å². The molecule has 0 saturated heterocycles. The molecule has 0 fully saturated rings. The summed E-state index contributed by atoms with van der Waals surface area (Å²) in [6.45, 7) is 0. The van der Waals surface area contributed by atoms with Crippen LogP contribution in [0.3, 0.4) is 0 Å². The Morgan fingerprint density at radius 1 is 1.06 bits per heavy atom. The van der Waals surface area contributed by atoms with E-state index in [-0.39, 0.29) is 16.9 Å². The molecule has 1 amide bonds. The number of nitrogen functional groups attached to an aromatic ring is 1. The van der Waals surface area contributed by atoms with Crippen LogP contribution in [0.2, 0.25) is 0 Å². The molecule has 0 radical (unpaired) electrons. The predicted molar refractivity (Wildman–Crippen MR) is 116 cm³/mol. The van der Waals surface area contributed by atoms with Crippen molar-refractivity contribution in [1.29, 1.82) is 0 Å². The normalized spacial score (nSPS) is 11.4. The maximum atomic E-state index is 13.5. The lowest BCUT2D eigenvalue weighted by Gasteiger charge is -2.14. The zero-order valence-corrected chi connectivity index (χ0v) is 18.0. The molecular weight excluding hydrogens is 508 g/mol. The second-order valence-corrected chi connectivity index (χ2v) is 7.65. The number of anilines is 2. The van der Waals surface area contributed by atoms with Gasteiger partial charge in [-0.05, 0) is 57.9 Å². The molecule has 4 rings (SSSR count). The van der Waals surface area contributed by atoms with Crippen molar-refractivity contribution >= 4 is 33.2 Å². The van der Waals surface area contributed by atoms with Crippen molar-refractivity contribution < 1.29 is 22.4 Å². The molecule has 0 unspecified atom stereocenters. The standard InChI is InChI=1S/C21H13BrF4N6O/c22-17-7-11(14-4-2-12(23)8-18(14)27)1-3-15(17)20(33)31-13-9-16(21(24,25)26)19(28-10-13)32-29-5-6-30-32/h1-10H,27H2,(H,31,33). The minimum absolute atomic E-state index is 0.158. The van der Waals surface area contributed by atoms with Crippen LogP contribution in [0.1, 0.15) is 15.9 Å². The summed E-state index contributed by atoms with van der Waals surface area (Å²) in [6, 6.07) is 9.36. The van der Waals surface area contributed by atoms with Gasteiger partial charge in [-0.1, -0.05) is 6.07 Å². The number of aromatic nitrogens is 4. The van der Waals surface area contributed by atoms with Crippen LogP contribution in [0, 0.1) is 5.82 Å². The smallest absolute Gasteiger partial charge is 0.398 e. The number of nitrogens with one attached hydrogen (secondary N) is 1. The van der Waals surface area contributed by atoms with E-state index in [1.807, 2.05) is 0 Å². The molecule has 0 bridgehead atoms. The first-order valence-corrected chi connectivity index (χ1v) is 10.0. The summed E-state index contributed by atoms with van der Waals surface area (Å²) in [4.78, 5) is 17.2. The van der Waals surface area contributed by atoms with Gasteiger partial charge in [0.1, 0.15) is 11.4 Å². The third-order valence-electron chi connectivity index (χ3n) is 4.58. The van der Waals surface area contributed by atoms with E-state index in [1.54, 1.807) is 12.1 Å². The van der Waals surface area contributed by atoms with Crippen molar-refractivity contribution in [3.05, 3.63) is 82.5 Å². The number of halogens is 5. The number of nitrogens with zero attached hydrogens (tertiary/aromatic N) is 4. The molecule has 0 aliphatic carbocycles. The molecule has 2 aromatic carbocycles. The molecule has 0 saturated carbocycles. The Kier molecular flexibility index (Phi) is 5.85. The summed E-state index contributed by atoms with van der Waals surface area (Å²) in [5, 5.41) is 9.76. The highest BCUT2D eigenvalue weighted by Gasteiger charge is 2.36. The van der Waals surface area contributed by atoms with Crippen molar-refractivity contribution in [3.8, 4) is 16.9 Å². The predicted octanol–water partition coefficient (Wildman–Crippen LogP) is 5.08. The van der Waals surface area contributed by atoms with E-state index >= 15 is 0 Å². The summed E-state index contributed by atoms with van der Waals surface area (Å²) < 4.78 is 54.3. The van der Waals surface area contributed by atoms with Crippen molar-refractivity contribution in [2.24, 2.45) is 0 Å². The SMILES string of the molecule is Nc1cc(F)ccc1-c1ccc(C(=O)Nc2cnc(-n3nccn3)c(C(F)(F)F)c2)c(Br)c1. The fourth-order valence-corrected chi connectivity index (χ4v) is 3.64. The molecule has 12 heteroatoms. The van der Waals surface area contributed by atoms with Crippen LogP contribution in [0.4, 0.5) is 28.9 Å². The number of pyridine rings is 1. The van der Waals surface area contributed by atoms with Gasteiger partial charge in [-0.15, -0.1) is 4.80 Å². The van der Waals surface area contributed by atoms with Crippen LogP contribution < -0.4 is 11.1 Å². The Bertz CT molecular complexity index is 1340. The van der Waals surface area contributed by atoms with E-state index in [0.717, 1.165) is 17.1 Å². The van der Waals surface area contributed by atoms with Crippen LogP contribution in [0.25, 0.3) is 16.9 Å². The van der Waals surface area contributed by atoms with Crippen LogP contribution in [-0.2, 0) is 6.18 Å². The molecular formula is C21H13BrF4N6O. The number of alkyl halides is 3. The van der Waals surface area contributed by atoms with Crippen molar-refractivity contribution in [2.45, 2.75) is 6.18 Å². The molecule has 4 aromatic rings. The van der Waals surface area contributed by atoms with Crippen molar-refractivity contribution in [3.63, 3.8) is 0 Å². The van der Waals surface area contributed by atoms with E-state index in [2.05, 4.69) is 36.4 Å². The summed E-state index contributed by atoms with van der Waals surface area (Å²) >= 11 is 3.29. The summed E-state index contributed by atoms with van der Waals surface area (Å²) in [7, 11) is 0. The van der Waals surface area contributed by atoms with Crippen LogP contribution in [0.15, 0.2) is 65.5 Å². The number of rotatable bonds is 4. The fraction of sp³-hybridized carbons (Fsp3) is 0.0476. The molecule has 0 aliphatic heterocycles. The maximum Gasteiger partial charge on any atom is 0.420 e. The van der Waals surface area contributed by atoms with Gasteiger partial charge < -0.3 is 11.1 Å². The third-order valence-corrected chi connectivity index (χ3v) is 5.23. The van der Waals surface area contributed by atoms with Gasteiger partial charge in [-0.2, -0.15) is 23.4 Å². The van der Waals surface area contributed by atoms with Gasteiger partial charge in [-0.3, -0.25) is 4.79 Å². The monoisotopic (exact) mass is 520 g/mol. The van der Waals surface area contributed by atoms with Gasteiger partial charge in [0.25, 0.3) is 5.91 Å². The van der Waals surface area contributed by atoms with Crippen LogP contribution in [0.5, 0.6) is 0 Å². The van der Waals surface area contributed by atoms with Gasteiger partial charge >= 0.3 is 6.18 Å². The highest BCUT2D eigenvalue weighted by molar-refractivity contribution is 9.10. The fourth-order valence-electron chi connectivity index (χ4n) is 3.08. The molecule has 2 aromatic heterocycles. The number of nitrogens with two attached hydrogens (primary N) is 1. The van der Waals surface area contributed by atoms with E-state index < -0.39 is 29.3 Å². The maximum absolute atomic E-state index is 13.5. The molecule has 0 atom stereocenters. The molecule has 0 aliphatic rings. The van der Waals surface area contributed by atoms with E-state index in [1.165, 1.54) is 36.7 Å². The number of hydrogen-bond donors (Lipinski definition) is 2. The highest BCUT2D eigenvalue weighted by atomic mass is 79.9. The molecule has 168 valence electrons. The van der Waals surface area contributed by atoms with Gasteiger partial charge in [0.15, 0.2) is 5.82 Å². The van der Waals surface area contributed by atoms with E-state index in [4.69, 9.17) is 5.73 Å². The Hall–Kier alpha value is -3.80. The van der Waals surface area contributed by atoms with Gasteiger partial charge in [0.2, 0.25) is 0 Å². The lowest BCUT2D eigenvalue weighted by molar-refractivity contribution is -0.137. The lowest BCUT2D eigenvalue weighted by atomic mass is 10.0. The average molecular weight is 521 g/mol. The number of hydrogen-bond acceptors (Lipinski definition) is 5. The highest BCUT2D eigenvalue weighted by Crippen LogP contribution is 2.35. The average Bonchev–Trinajstić information content (AvgIpc) is 3.27. The first-order chi connectivity index (χ1) is 15.6. The lowest BCUT2D eigenvalue weighted by Crippen LogP contribution is -2.17. The van der Waals surface area contributed by atoms with Crippen molar-refractivity contribution in [1.82, 2.24) is 20.0 Å². The third kappa shape index (κ3) is 4.70. The second-order valence-electron chi connectivity index (χ2n) is 6.79. The van der Waals surface area contributed by atoms with Crippen molar-refractivity contribution in [2.75, 3.05) is 11.1 Å².